The number of para-hydroxylation sites is 1. The number of rotatable bonds is 6. The summed E-state index contributed by atoms with van der Waals surface area (Å²) in [5, 5.41) is 5.97. The van der Waals surface area contributed by atoms with Crippen LogP contribution in [0.25, 0.3) is 0 Å². The van der Waals surface area contributed by atoms with Crippen LogP contribution in [0.4, 0.5) is 14.9 Å². The lowest BCUT2D eigenvalue weighted by atomic mass is 9.97. The number of urea groups is 1. The molecule has 8 heteroatoms. The second-order valence-electron chi connectivity index (χ2n) is 8.55. The second-order valence-corrected chi connectivity index (χ2v) is 8.55. The van der Waals surface area contributed by atoms with Crippen LogP contribution in [-0.2, 0) is 9.53 Å². The molecule has 2 aromatic carbocycles. The van der Waals surface area contributed by atoms with Gasteiger partial charge in [-0.2, -0.15) is 0 Å². The van der Waals surface area contributed by atoms with E-state index in [1.807, 2.05) is 36.4 Å². The number of morpholine rings is 1. The van der Waals surface area contributed by atoms with Crippen LogP contribution in [0.3, 0.4) is 0 Å². The number of ether oxygens (including phenoxy) is 1. The fourth-order valence-corrected chi connectivity index (χ4v) is 4.50. The number of carbonyl (C=O) groups excluding carboxylic acids is 2. The third-order valence-corrected chi connectivity index (χ3v) is 6.29. The SMILES string of the molecule is O=C(Nc1ccccc1)C1CCCN(C(=O)NCC(c2cccc(F)c2)N2CCOCC2)C1. The highest BCUT2D eigenvalue weighted by atomic mass is 19.1. The molecule has 2 heterocycles. The van der Waals surface area contributed by atoms with Crippen molar-refractivity contribution in [3.63, 3.8) is 0 Å². The van der Waals surface area contributed by atoms with Crippen LogP contribution >= 0.6 is 0 Å². The maximum atomic E-state index is 13.9. The number of nitrogens with zero attached hydrogens (tertiary/aromatic N) is 2. The topological polar surface area (TPSA) is 73.9 Å². The summed E-state index contributed by atoms with van der Waals surface area (Å²) in [6.07, 6.45) is 1.53. The normalized spacial score (nSPS) is 20.2. The van der Waals surface area contributed by atoms with Crippen LogP contribution in [0.1, 0.15) is 24.4 Å². The van der Waals surface area contributed by atoms with Crippen LogP contribution in [-0.4, -0.2) is 67.7 Å². The van der Waals surface area contributed by atoms with E-state index in [9.17, 15) is 14.0 Å². The zero-order chi connectivity index (χ0) is 23.0. The lowest BCUT2D eigenvalue weighted by molar-refractivity contribution is -0.121. The maximum Gasteiger partial charge on any atom is 0.317 e. The molecule has 2 saturated heterocycles. The maximum absolute atomic E-state index is 13.9. The van der Waals surface area contributed by atoms with E-state index < -0.39 is 0 Å². The minimum Gasteiger partial charge on any atom is -0.379 e. The number of anilines is 1. The van der Waals surface area contributed by atoms with Gasteiger partial charge in [-0.05, 0) is 42.7 Å². The number of hydrogen-bond acceptors (Lipinski definition) is 4. The first-order chi connectivity index (χ1) is 16.1. The van der Waals surface area contributed by atoms with Gasteiger partial charge in [0, 0.05) is 38.4 Å². The quantitative estimate of drug-likeness (QED) is 0.703. The van der Waals surface area contributed by atoms with Gasteiger partial charge in [0.05, 0.1) is 25.2 Å². The number of amides is 3. The van der Waals surface area contributed by atoms with Gasteiger partial charge in [0.25, 0.3) is 0 Å². The minimum absolute atomic E-state index is 0.0651. The van der Waals surface area contributed by atoms with Gasteiger partial charge in [-0.1, -0.05) is 30.3 Å². The molecule has 0 spiro atoms. The summed E-state index contributed by atoms with van der Waals surface area (Å²) in [5.74, 6) is -0.604. The summed E-state index contributed by atoms with van der Waals surface area (Å²) in [5.41, 5.74) is 1.59. The molecule has 2 unspecified atom stereocenters. The summed E-state index contributed by atoms with van der Waals surface area (Å²) in [7, 11) is 0. The third kappa shape index (κ3) is 6.30. The molecule has 3 amide bonds. The first kappa shape index (κ1) is 23.2. The number of likely N-dealkylation sites (tertiary alicyclic amines) is 1. The summed E-state index contributed by atoms with van der Waals surface area (Å²) in [4.78, 5) is 29.6. The molecule has 4 rings (SSSR count). The van der Waals surface area contributed by atoms with Gasteiger partial charge >= 0.3 is 6.03 Å². The predicted octanol–water partition coefficient (Wildman–Crippen LogP) is 3.26. The summed E-state index contributed by atoms with van der Waals surface area (Å²) in [6, 6.07) is 15.5. The van der Waals surface area contributed by atoms with Crippen molar-refractivity contribution in [1.29, 1.82) is 0 Å². The van der Waals surface area contributed by atoms with Crippen molar-refractivity contribution in [3.05, 3.63) is 66.0 Å². The first-order valence-corrected chi connectivity index (χ1v) is 11.6. The van der Waals surface area contributed by atoms with Gasteiger partial charge in [0.15, 0.2) is 0 Å². The minimum atomic E-state index is -0.291. The molecular weight excluding hydrogens is 423 g/mol. The number of benzene rings is 2. The monoisotopic (exact) mass is 454 g/mol. The smallest absolute Gasteiger partial charge is 0.317 e. The molecule has 2 fully saturated rings. The molecular formula is C25H31FN4O3. The number of nitrogens with one attached hydrogen (secondary N) is 2. The van der Waals surface area contributed by atoms with Gasteiger partial charge in [0.1, 0.15) is 5.82 Å². The zero-order valence-corrected chi connectivity index (χ0v) is 18.7. The van der Waals surface area contributed by atoms with E-state index in [2.05, 4.69) is 15.5 Å². The van der Waals surface area contributed by atoms with Crippen LogP contribution in [0.15, 0.2) is 54.6 Å². The van der Waals surface area contributed by atoms with Crippen molar-refractivity contribution in [2.24, 2.45) is 5.92 Å². The van der Waals surface area contributed by atoms with Gasteiger partial charge in [-0.25, -0.2) is 9.18 Å². The molecule has 2 atom stereocenters. The largest absolute Gasteiger partial charge is 0.379 e. The Morgan fingerprint density at radius 3 is 2.61 bits per heavy atom. The van der Waals surface area contributed by atoms with Gasteiger partial charge < -0.3 is 20.3 Å². The zero-order valence-electron chi connectivity index (χ0n) is 18.7. The Labute approximate surface area is 193 Å². The highest BCUT2D eigenvalue weighted by Crippen LogP contribution is 2.23. The highest BCUT2D eigenvalue weighted by Gasteiger charge is 2.30. The van der Waals surface area contributed by atoms with Crippen molar-refractivity contribution < 1.29 is 18.7 Å². The summed E-state index contributed by atoms with van der Waals surface area (Å²) < 4.78 is 19.3. The fraction of sp³-hybridized carbons (Fsp3) is 0.440. The van der Waals surface area contributed by atoms with Crippen molar-refractivity contribution in [1.82, 2.24) is 15.1 Å². The molecule has 0 radical (unpaired) electrons. The summed E-state index contributed by atoms with van der Waals surface area (Å²) in [6.45, 7) is 4.04. The second kappa shape index (κ2) is 11.2. The average molecular weight is 455 g/mol. The van der Waals surface area contributed by atoms with E-state index in [1.54, 1.807) is 11.0 Å². The molecule has 2 aliphatic heterocycles. The Hall–Kier alpha value is -2.97. The predicted molar refractivity (Wildman–Crippen MR) is 124 cm³/mol. The molecule has 176 valence electrons. The first-order valence-electron chi connectivity index (χ1n) is 11.6. The van der Waals surface area contributed by atoms with E-state index in [4.69, 9.17) is 4.74 Å². The summed E-state index contributed by atoms with van der Waals surface area (Å²) >= 11 is 0. The van der Waals surface area contributed by atoms with Gasteiger partial charge in [-0.3, -0.25) is 9.69 Å². The number of halogens is 1. The lowest BCUT2D eigenvalue weighted by Gasteiger charge is -2.36. The molecule has 0 bridgehead atoms. The molecule has 2 aliphatic rings. The molecule has 33 heavy (non-hydrogen) atoms. The third-order valence-electron chi connectivity index (χ3n) is 6.29. The van der Waals surface area contributed by atoms with Crippen molar-refractivity contribution in [2.75, 3.05) is 51.3 Å². The van der Waals surface area contributed by atoms with Crippen LogP contribution < -0.4 is 10.6 Å². The Balaban J connectivity index is 1.36. The Morgan fingerprint density at radius 2 is 1.85 bits per heavy atom. The molecule has 0 aromatic heterocycles. The van der Waals surface area contributed by atoms with Gasteiger partial charge in [-0.15, -0.1) is 0 Å². The van der Waals surface area contributed by atoms with Crippen molar-refractivity contribution in [3.8, 4) is 0 Å². The van der Waals surface area contributed by atoms with Crippen LogP contribution in [0.5, 0.6) is 0 Å². The van der Waals surface area contributed by atoms with E-state index >= 15 is 0 Å². The molecule has 2 aromatic rings. The molecule has 0 saturated carbocycles. The molecule has 0 aliphatic carbocycles. The average Bonchev–Trinajstić information content (AvgIpc) is 2.85. The van der Waals surface area contributed by atoms with E-state index in [0.717, 1.165) is 37.2 Å². The highest BCUT2D eigenvalue weighted by molar-refractivity contribution is 5.93. The van der Waals surface area contributed by atoms with Crippen LogP contribution in [0.2, 0.25) is 0 Å². The fourth-order valence-electron chi connectivity index (χ4n) is 4.50. The number of hydrogen-bond donors (Lipinski definition) is 2. The van der Waals surface area contributed by atoms with Crippen molar-refractivity contribution >= 4 is 17.6 Å². The molecule has 7 nitrogen and oxygen atoms in total. The standard InChI is InChI=1S/C25H31FN4O3/c26-21-8-4-6-19(16-21)23(29-12-14-33-15-13-29)17-27-25(32)30-11-5-7-20(18-30)24(31)28-22-9-2-1-3-10-22/h1-4,6,8-10,16,20,23H,5,7,11-15,17-18H2,(H,27,32)(H,28,31). The Bertz CT molecular complexity index is 936. The van der Waals surface area contributed by atoms with E-state index in [1.165, 1.54) is 12.1 Å². The number of piperidine rings is 1. The molecule has 2 N–H and O–H groups in total. The van der Waals surface area contributed by atoms with Crippen LogP contribution in [0, 0.1) is 11.7 Å². The van der Waals surface area contributed by atoms with Crippen molar-refractivity contribution in [2.45, 2.75) is 18.9 Å². The number of carbonyl (C=O) groups is 2. The lowest BCUT2D eigenvalue weighted by Crippen LogP contribution is -2.50. The van der Waals surface area contributed by atoms with E-state index in [0.29, 0.717) is 32.8 Å². The van der Waals surface area contributed by atoms with Gasteiger partial charge in [0.2, 0.25) is 5.91 Å². The Kier molecular flexibility index (Phi) is 7.91. The van der Waals surface area contributed by atoms with E-state index in [-0.39, 0.29) is 29.7 Å². The Morgan fingerprint density at radius 1 is 1.06 bits per heavy atom.